The van der Waals surface area contributed by atoms with E-state index in [0.717, 1.165) is 0 Å². The maximum absolute atomic E-state index is 12.9. The molecule has 2 rings (SSSR count). The van der Waals surface area contributed by atoms with Crippen LogP contribution in [0, 0.1) is 6.92 Å². The number of carboxylic acid groups (broad SMARTS) is 1. The van der Waals surface area contributed by atoms with Gasteiger partial charge in [-0.2, -0.15) is 4.31 Å². The van der Waals surface area contributed by atoms with Crippen LogP contribution < -0.4 is 0 Å². The van der Waals surface area contributed by atoms with Gasteiger partial charge in [-0.15, -0.1) is 0 Å². The van der Waals surface area contributed by atoms with E-state index in [9.17, 15) is 13.2 Å². The molecule has 1 fully saturated rings. The molecule has 122 valence electrons. The lowest BCUT2D eigenvalue weighted by molar-refractivity contribution is -0.0640. The molecule has 1 aromatic carbocycles. The summed E-state index contributed by atoms with van der Waals surface area (Å²) < 4.78 is 33.0. The highest BCUT2D eigenvalue weighted by atomic mass is 79.9. The highest BCUT2D eigenvalue weighted by molar-refractivity contribution is 9.10. The van der Waals surface area contributed by atoms with Crippen LogP contribution in [0.5, 0.6) is 0 Å². The van der Waals surface area contributed by atoms with E-state index in [1.807, 2.05) is 13.8 Å². The quantitative estimate of drug-likeness (QED) is 0.853. The Balaban J connectivity index is 2.52. The van der Waals surface area contributed by atoms with E-state index < -0.39 is 21.6 Å². The standard InChI is InChI=1S/C14H18BrNO5S/c1-9-6-10(13(17)18)7-11(12(9)15)22(19,20)16-4-5-21-14(2,3)8-16/h6-7H,4-5,8H2,1-3H3,(H,17,18). The summed E-state index contributed by atoms with van der Waals surface area (Å²) in [5.74, 6) is -1.16. The van der Waals surface area contributed by atoms with E-state index in [1.54, 1.807) is 6.92 Å². The molecule has 1 aliphatic rings. The number of morpholine rings is 1. The molecule has 0 amide bonds. The lowest BCUT2D eigenvalue weighted by Gasteiger charge is -2.37. The van der Waals surface area contributed by atoms with Crippen LogP contribution in [-0.4, -0.2) is 49.1 Å². The van der Waals surface area contributed by atoms with E-state index in [1.165, 1.54) is 16.4 Å². The van der Waals surface area contributed by atoms with Crippen LogP contribution in [0.3, 0.4) is 0 Å². The molecule has 0 unspecified atom stereocenters. The molecule has 1 heterocycles. The summed E-state index contributed by atoms with van der Waals surface area (Å²) in [6.07, 6.45) is 0. The third kappa shape index (κ3) is 3.34. The molecule has 0 bridgehead atoms. The van der Waals surface area contributed by atoms with Gasteiger partial charge < -0.3 is 9.84 Å². The van der Waals surface area contributed by atoms with Crippen molar-refractivity contribution in [1.29, 1.82) is 0 Å². The molecule has 0 radical (unpaired) electrons. The molecule has 0 spiro atoms. The van der Waals surface area contributed by atoms with E-state index in [-0.39, 0.29) is 23.5 Å². The second-order valence-corrected chi connectivity index (χ2v) is 8.56. The van der Waals surface area contributed by atoms with Crippen molar-refractivity contribution in [3.05, 3.63) is 27.7 Å². The van der Waals surface area contributed by atoms with Gasteiger partial charge in [0.2, 0.25) is 10.0 Å². The minimum absolute atomic E-state index is 0.0254. The smallest absolute Gasteiger partial charge is 0.335 e. The highest BCUT2D eigenvalue weighted by Gasteiger charge is 2.36. The Morgan fingerprint density at radius 3 is 2.59 bits per heavy atom. The van der Waals surface area contributed by atoms with Crippen molar-refractivity contribution in [3.63, 3.8) is 0 Å². The largest absolute Gasteiger partial charge is 0.478 e. The fourth-order valence-corrected chi connectivity index (χ4v) is 4.95. The third-order valence-corrected chi connectivity index (χ3v) is 6.66. The molecule has 0 atom stereocenters. The van der Waals surface area contributed by atoms with Gasteiger partial charge in [-0.05, 0) is 54.4 Å². The van der Waals surface area contributed by atoms with Crippen molar-refractivity contribution in [2.75, 3.05) is 19.7 Å². The predicted octanol–water partition coefficient (Wildman–Crippen LogP) is 2.26. The van der Waals surface area contributed by atoms with Gasteiger partial charge in [-0.25, -0.2) is 13.2 Å². The first-order valence-corrected chi connectivity index (χ1v) is 8.95. The van der Waals surface area contributed by atoms with Crippen molar-refractivity contribution in [3.8, 4) is 0 Å². The minimum Gasteiger partial charge on any atom is -0.478 e. The number of rotatable bonds is 3. The van der Waals surface area contributed by atoms with Gasteiger partial charge in [-0.3, -0.25) is 0 Å². The van der Waals surface area contributed by atoms with Crippen LogP contribution in [-0.2, 0) is 14.8 Å². The molecule has 1 N–H and O–H groups in total. The van der Waals surface area contributed by atoms with Crippen LogP contribution in [0.4, 0.5) is 0 Å². The molecule has 1 aliphatic heterocycles. The normalized spacial score (nSPS) is 19.1. The molecule has 1 aromatic rings. The summed E-state index contributed by atoms with van der Waals surface area (Å²) in [5, 5.41) is 9.14. The van der Waals surface area contributed by atoms with Gasteiger partial charge in [0, 0.05) is 17.6 Å². The van der Waals surface area contributed by atoms with Gasteiger partial charge in [0.1, 0.15) is 0 Å². The fourth-order valence-electron chi connectivity index (χ4n) is 2.37. The lowest BCUT2D eigenvalue weighted by atomic mass is 10.1. The average molecular weight is 392 g/mol. The summed E-state index contributed by atoms with van der Waals surface area (Å²) in [5.41, 5.74) is -0.0603. The highest BCUT2D eigenvalue weighted by Crippen LogP contribution is 2.31. The zero-order valence-corrected chi connectivity index (χ0v) is 15.0. The first kappa shape index (κ1) is 17.4. The first-order chi connectivity index (χ1) is 10.0. The topological polar surface area (TPSA) is 83.9 Å². The van der Waals surface area contributed by atoms with Crippen molar-refractivity contribution < 1.29 is 23.1 Å². The number of ether oxygens (including phenoxy) is 1. The van der Waals surface area contributed by atoms with Gasteiger partial charge in [0.25, 0.3) is 0 Å². The average Bonchev–Trinajstić information content (AvgIpc) is 2.40. The van der Waals surface area contributed by atoms with Crippen molar-refractivity contribution in [2.24, 2.45) is 0 Å². The van der Waals surface area contributed by atoms with Crippen LogP contribution in [0.25, 0.3) is 0 Å². The first-order valence-electron chi connectivity index (χ1n) is 6.72. The number of sulfonamides is 1. The van der Waals surface area contributed by atoms with Gasteiger partial charge in [-0.1, -0.05) is 0 Å². The Morgan fingerprint density at radius 1 is 1.41 bits per heavy atom. The maximum Gasteiger partial charge on any atom is 0.335 e. The van der Waals surface area contributed by atoms with Gasteiger partial charge >= 0.3 is 5.97 Å². The molecule has 0 aromatic heterocycles. The third-order valence-electron chi connectivity index (χ3n) is 3.48. The molecular weight excluding hydrogens is 374 g/mol. The summed E-state index contributed by atoms with van der Waals surface area (Å²) in [7, 11) is -3.80. The summed E-state index contributed by atoms with van der Waals surface area (Å²) in [6.45, 7) is 6.08. The number of aryl methyl sites for hydroxylation is 1. The van der Waals surface area contributed by atoms with Crippen molar-refractivity contribution in [1.82, 2.24) is 4.31 Å². The number of nitrogens with zero attached hydrogens (tertiary/aromatic N) is 1. The van der Waals surface area contributed by atoms with Gasteiger partial charge in [0.15, 0.2) is 0 Å². The number of benzene rings is 1. The number of hydrogen-bond donors (Lipinski definition) is 1. The maximum atomic E-state index is 12.9. The molecule has 8 heteroatoms. The Labute approximate surface area is 138 Å². The summed E-state index contributed by atoms with van der Waals surface area (Å²) >= 11 is 3.26. The zero-order chi connectivity index (χ0) is 16.7. The second-order valence-electron chi connectivity index (χ2n) is 5.86. The second kappa shape index (κ2) is 5.92. The van der Waals surface area contributed by atoms with E-state index >= 15 is 0 Å². The van der Waals surface area contributed by atoms with Crippen LogP contribution >= 0.6 is 15.9 Å². The minimum atomic E-state index is -3.80. The van der Waals surface area contributed by atoms with Crippen molar-refractivity contribution >= 4 is 31.9 Å². The van der Waals surface area contributed by atoms with Crippen molar-refractivity contribution in [2.45, 2.75) is 31.3 Å². The molecule has 1 saturated heterocycles. The summed E-state index contributed by atoms with van der Waals surface area (Å²) in [4.78, 5) is 11.2. The zero-order valence-electron chi connectivity index (χ0n) is 12.6. The van der Waals surface area contributed by atoms with E-state index in [2.05, 4.69) is 15.9 Å². The van der Waals surface area contributed by atoms with Crippen LogP contribution in [0.2, 0.25) is 0 Å². The number of aromatic carboxylic acids is 1. The number of carboxylic acids is 1. The summed E-state index contributed by atoms with van der Waals surface area (Å²) in [6, 6.07) is 2.63. The van der Waals surface area contributed by atoms with Crippen LogP contribution in [0.15, 0.2) is 21.5 Å². The fraction of sp³-hybridized carbons (Fsp3) is 0.500. The molecule has 6 nitrogen and oxygen atoms in total. The Kier molecular flexibility index (Phi) is 4.68. The Bertz CT molecular complexity index is 714. The number of hydrogen-bond acceptors (Lipinski definition) is 4. The Morgan fingerprint density at radius 2 is 2.05 bits per heavy atom. The predicted molar refractivity (Wildman–Crippen MR) is 84.6 cm³/mol. The molecule has 0 aliphatic carbocycles. The van der Waals surface area contributed by atoms with E-state index in [0.29, 0.717) is 16.6 Å². The molecular formula is C14H18BrNO5S. The van der Waals surface area contributed by atoms with Gasteiger partial charge in [0.05, 0.1) is 22.7 Å². The SMILES string of the molecule is Cc1cc(C(=O)O)cc(S(=O)(=O)N2CCOC(C)(C)C2)c1Br. The lowest BCUT2D eigenvalue weighted by Crippen LogP contribution is -2.50. The molecule has 0 saturated carbocycles. The van der Waals surface area contributed by atoms with Crippen LogP contribution in [0.1, 0.15) is 29.8 Å². The Hall–Kier alpha value is -0.960. The monoisotopic (exact) mass is 391 g/mol. The number of carbonyl (C=O) groups is 1. The molecule has 22 heavy (non-hydrogen) atoms. The number of halogens is 1. The van der Waals surface area contributed by atoms with E-state index in [4.69, 9.17) is 9.84 Å².